The number of benzene rings is 1. The molecule has 0 fully saturated rings. The van der Waals surface area contributed by atoms with E-state index in [4.69, 9.17) is 4.74 Å². The third kappa shape index (κ3) is 3.02. The minimum Gasteiger partial charge on any atom is -0.495 e. The first-order valence-electron chi connectivity index (χ1n) is 4.65. The van der Waals surface area contributed by atoms with Gasteiger partial charge in [-0.1, -0.05) is 12.1 Å². The zero-order chi connectivity index (χ0) is 10.2. The van der Waals surface area contributed by atoms with Gasteiger partial charge in [0.15, 0.2) is 0 Å². The molecule has 0 bridgehead atoms. The minimum absolute atomic E-state index is 0.848. The molecular formula is C12H15NO. The molecule has 1 aromatic rings. The molecule has 0 aliphatic carbocycles. The Hall–Kier alpha value is -1.62. The van der Waals surface area contributed by atoms with Crippen LogP contribution < -0.4 is 10.1 Å². The Morgan fingerprint density at radius 3 is 2.86 bits per heavy atom. The zero-order valence-electron chi connectivity index (χ0n) is 8.63. The SMILES string of the molecule is CC#CCCNc1ccccc1OC. The molecule has 0 unspecified atom stereocenters. The van der Waals surface area contributed by atoms with E-state index in [0.717, 1.165) is 24.4 Å². The molecule has 0 saturated heterocycles. The monoisotopic (exact) mass is 189 g/mol. The second kappa shape index (κ2) is 5.93. The Bertz CT molecular complexity index is 336. The molecule has 0 aromatic heterocycles. The van der Waals surface area contributed by atoms with E-state index < -0.39 is 0 Å². The summed E-state index contributed by atoms with van der Waals surface area (Å²) in [5.41, 5.74) is 1.02. The Morgan fingerprint density at radius 2 is 2.14 bits per heavy atom. The van der Waals surface area contributed by atoms with E-state index in [1.54, 1.807) is 7.11 Å². The van der Waals surface area contributed by atoms with Crippen LogP contribution in [0.5, 0.6) is 5.75 Å². The molecule has 2 nitrogen and oxygen atoms in total. The largest absolute Gasteiger partial charge is 0.495 e. The number of methoxy groups -OCH3 is 1. The smallest absolute Gasteiger partial charge is 0.141 e. The van der Waals surface area contributed by atoms with Gasteiger partial charge in [-0.15, -0.1) is 11.8 Å². The fourth-order valence-electron chi connectivity index (χ4n) is 1.18. The van der Waals surface area contributed by atoms with E-state index in [-0.39, 0.29) is 0 Å². The maximum absolute atomic E-state index is 5.20. The lowest BCUT2D eigenvalue weighted by Gasteiger charge is -2.08. The van der Waals surface area contributed by atoms with Crippen LogP contribution in [0.2, 0.25) is 0 Å². The number of nitrogens with one attached hydrogen (secondary N) is 1. The maximum Gasteiger partial charge on any atom is 0.141 e. The van der Waals surface area contributed by atoms with Crippen LogP contribution in [0.25, 0.3) is 0 Å². The van der Waals surface area contributed by atoms with Crippen molar-refractivity contribution in [2.75, 3.05) is 19.0 Å². The van der Waals surface area contributed by atoms with Crippen molar-refractivity contribution in [1.82, 2.24) is 0 Å². The zero-order valence-corrected chi connectivity index (χ0v) is 8.63. The average Bonchev–Trinajstić information content (AvgIpc) is 2.25. The molecule has 0 aliphatic rings. The number of ether oxygens (including phenoxy) is 1. The molecule has 14 heavy (non-hydrogen) atoms. The van der Waals surface area contributed by atoms with Crippen molar-refractivity contribution >= 4 is 5.69 Å². The Morgan fingerprint density at radius 1 is 1.36 bits per heavy atom. The van der Waals surface area contributed by atoms with Crippen LogP contribution in [0.15, 0.2) is 24.3 Å². The molecule has 1 rings (SSSR count). The van der Waals surface area contributed by atoms with Crippen LogP contribution in [-0.4, -0.2) is 13.7 Å². The summed E-state index contributed by atoms with van der Waals surface area (Å²) in [6.45, 7) is 2.70. The summed E-state index contributed by atoms with van der Waals surface area (Å²) in [6.07, 6.45) is 0.856. The van der Waals surface area contributed by atoms with Gasteiger partial charge in [0.25, 0.3) is 0 Å². The van der Waals surface area contributed by atoms with Crippen molar-refractivity contribution in [3.8, 4) is 17.6 Å². The van der Waals surface area contributed by atoms with Gasteiger partial charge in [0, 0.05) is 13.0 Å². The summed E-state index contributed by atoms with van der Waals surface area (Å²) in [4.78, 5) is 0. The molecule has 1 N–H and O–H groups in total. The molecule has 0 amide bonds. The maximum atomic E-state index is 5.20. The summed E-state index contributed by atoms with van der Waals surface area (Å²) in [5.74, 6) is 6.74. The predicted octanol–water partition coefficient (Wildman–Crippen LogP) is 2.52. The van der Waals surface area contributed by atoms with Crippen molar-refractivity contribution < 1.29 is 4.74 Å². The standard InChI is InChI=1S/C12H15NO/c1-3-4-7-10-13-11-8-5-6-9-12(11)14-2/h5-6,8-9,13H,7,10H2,1-2H3. The highest BCUT2D eigenvalue weighted by Crippen LogP contribution is 2.22. The van der Waals surface area contributed by atoms with Gasteiger partial charge >= 0.3 is 0 Å². The van der Waals surface area contributed by atoms with E-state index in [1.165, 1.54) is 0 Å². The Kier molecular flexibility index (Phi) is 4.43. The van der Waals surface area contributed by atoms with E-state index in [1.807, 2.05) is 31.2 Å². The second-order valence-electron chi connectivity index (χ2n) is 2.80. The van der Waals surface area contributed by atoms with Crippen LogP contribution in [0.4, 0.5) is 5.69 Å². The summed E-state index contributed by atoms with van der Waals surface area (Å²) in [5, 5.41) is 3.27. The topological polar surface area (TPSA) is 21.3 Å². The highest BCUT2D eigenvalue weighted by atomic mass is 16.5. The van der Waals surface area contributed by atoms with Gasteiger partial charge in [-0.3, -0.25) is 0 Å². The minimum atomic E-state index is 0.848. The van der Waals surface area contributed by atoms with Gasteiger partial charge in [-0.05, 0) is 19.1 Å². The summed E-state index contributed by atoms with van der Waals surface area (Å²) in [7, 11) is 1.67. The summed E-state index contributed by atoms with van der Waals surface area (Å²) in [6, 6.07) is 7.87. The fourth-order valence-corrected chi connectivity index (χ4v) is 1.18. The van der Waals surface area contributed by atoms with Crippen molar-refractivity contribution in [1.29, 1.82) is 0 Å². The number of hydrogen-bond acceptors (Lipinski definition) is 2. The first-order chi connectivity index (χ1) is 6.88. The van der Waals surface area contributed by atoms with Gasteiger partial charge in [0.05, 0.1) is 12.8 Å². The molecule has 0 spiro atoms. The molecule has 0 radical (unpaired) electrons. The molecule has 74 valence electrons. The lowest BCUT2D eigenvalue weighted by molar-refractivity contribution is 0.416. The van der Waals surface area contributed by atoms with E-state index in [0.29, 0.717) is 0 Å². The second-order valence-corrected chi connectivity index (χ2v) is 2.80. The summed E-state index contributed by atoms with van der Waals surface area (Å²) < 4.78 is 5.20. The fraction of sp³-hybridized carbons (Fsp3) is 0.333. The molecule has 2 heteroatoms. The first kappa shape index (κ1) is 10.5. The van der Waals surface area contributed by atoms with Crippen molar-refractivity contribution in [3.05, 3.63) is 24.3 Å². The molecule has 0 atom stereocenters. The first-order valence-corrected chi connectivity index (χ1v) is 4.65. The predicted molar refractivity (Wildman–Crippen MR) is 59.6 cm³/mol. The van der Waals surface area contributed by atoms with Crippen molar-refractivity contribution in [3.63, 3.8) is 0 Å². The number of rotatable bonds is 4. The van der Waals surface area contributed by atoms with E-state index in [9.17, 15) is 0 Å². The van der Waals surface area contributed by atoms with Gasteiger partial charge < -0.3 is 10.1 Å². The molecule has 0 aliphatic heterocycles. The molecular weight excluding hydrogens is 174 g/mol. The molecule has 0 saturated carbocycles. The summed E-state index contributed by atoms with van der Waals surface area (Å²) >= 11 is 0. The van der Waals surface area contributed by atoms with Crippen LogP contribution >= 0.6 is 0 Å². The van der Waals surface area contributed by atoms with Gasteiger partial charge in [-0.2, -0.15) is 0 Å². The average molecular weight is 189 g/mol. The van der Waals surface area contributed by atoms with Gasteiger partial charge in [-0.25, -0.2) is 0 Å². The Balaban J connectivity index is 2.51. The van der Waals surface area contributed by atoms with Gasteiger partial charge in [0.2, 0.25) is 0 Å². The highest BCUT2D eigenvalue weighted by molar-refractivity contribution is 5.56. The van der Waals surface area contributed by atoms with Crippen LogP contribution in [-0.2, 0) is 0 Å². The van der Waals surface area contributed by atoms with Crippen LogP contribution in [0.3, 0.4) is 0 Å². The lowest BCUT2D eigenvalue weighted by Crippen LogP contribution is -2.01. The molecule has 0 heterocycles. The van der Waals surface area contributed by atoms with Crippen molar-refractivity contribution in [2.45, 2.75) is 13.3 Å². The number of para-hydroxylation sites is 2. The van der Waals surface area contributed by atoms with Gasteiger partial charge in [0.1, 0.15) is 5.75 Å². The van der Waals surface area contributed by atoms with E-state index in [2.05, 4.69) is 17.2 Å². The number of hydrogen-bond donors (Lipinski definition) is 1. The normalized spacial score (nSPS) is 8.71. The molecule has 1 aromatic carbocycles. The van der Waals surface area contributed by atoms with E-state index >= 15 is 0 Å². The Labute approximate surface area is 85.3 Å². The van der Waals surface area contributed by atoms with Crippen LogP contribution in [0, 0.1) is 11.8 Å². The third-order valence-electron chi connectivity index (χ3n) is 1.85. The van der Waals surface area contributed by atoms with Crippen molar-refractivity contribution in [2.24, 2.45) is 0 Å². The highest BCUT2D eigenvalue weighted by Gasteiger charge is 1.98. The number of anilines is 1. The quantitative estimate of drug-likeness (QED) is 0.580. The lowest BCUT2D eigenvalue weighted by atomic mass is 10.3. The van der Waals surface area contributed by atoms with Crippen LogP contribution in [0.1, 0.15) is 13.3 Å². The third-order valence-corrected chi connectivity index (χ3v) is 1.85.